The van der Waals surface area contributed by atoms with Gasteiger partial charge in [0, 0.05) is 6.61 Å². The van der Waals surface area contributed by atoms with Gasteiger partial charge >= 0.3 is 0 Å². The lowest BCUT2D eigenvalue weighted by molar-refractivity contribution is -0.702. The molecular weight excluding hydrogens is 190 g/mol. The number of nitrogens with zero attached hydrogens (tertiary/aromatic N) is 2. The number of hydrogen-bond acceptors (Lipinski definition) is 2. The molecule has 0 aliphatic heterocycles. The van der Waals surface area contributed by atoms with Gasteiger partial charge in [-0.05, 0) is 6.42 Å². The van der Waals surface area contributed by atoms with Gasteiger partial charge in [-0.25, -0.2) is 9.55 Å². The van der Waals surface area contributed by atoms with E-state index in [1.165, 1.54) is 0 Å². The van der Waals surface area contributed by atoms with E-state index in [2.05, 4.69) is 22.5 Å². The Kier molecular flexibility index (Phi) is 5.49. The van der Waals surface area contributed by atoms with E-state index in [-0.39, 0.29) is 0 Å². The van der Waals surface area contributed by atoms with E-state index in [9.17, 15) is 0 Å². The highest BCUT2D eigenvalue weighted by Gasteiger charge is 2.09. The number of rotatable bonds is 7. The topological polar surface area (TPSA) is 52.7 Å². The fraction of sp³-hybridized carbons (Fsp3) is 0.636. The molecule has 0 bridgehead atoms. The second kappa shape index (κ2) is 7.02. The second-order valence-electron chi connectivity index (χ2n) is 3.37. The van der Waals surface area contributed by atoms with Gasteiger partial charge in [0.15, 0.2) is 0 Å². The average molecular weight is 208 g/mol. The summed E-state index contributed by atoms with van der Waals surface area (Å²) in [6, 6.07) is 2.14. The van der Waals surface area contributed by atoms with Gasteiger partial charge in [-0.3, -0.25) is 0 Å². The number of hydrogen-bond donors (Lipinski definition) is 1. The molecule has 0 spiro atoms. The zero-order chi connectivity index (χ0) is 10.9. The summed E-state index contributed by atoms with van der Waals surface area (Å²) in [5, 5.41) is 8.50. The Labute approximate surface area is 90.5 Å². The van der Waals surface area contributed by atoms with Crippen molar-refractivity contribution in [2.45, 2.75) is 32.7 Å². The Morgan fingerprint density at radius 3 is 3.13 bits per heavy atom. The number of nitrogens with one attached hydrogen (secondary N) is 1. The van der Waals surface area contributed by atoms with Gasteiger partial charge in [-0.15, -0.1) is 0 Å². The van der Waals surface area contributed by atoms with Gasteiger partial charge in [-0.1, -0.05) is 6.92 Å². The molecule has 0 unspecified atom stereocenters. The lowest BCUT2D eigenvalue weighted by atomic mass is 10.4. The first-order valence-electron chi connectivity index (χ1n) is 5.39. The third kappa shape index (κ3) is 4.13. The minimum Gasteiger partial charge on any atom is -0.381 e. The Balaban J connectivity index is 2.33. The molecule has 0 saturated heterocycles. The van der Waals surface area contributed by atoms with E-state index in [4.69, 9.17) is 10.00 Å². The zero-order valence-corrected chi connectivity index (χ0v) is 9.20. The first kappa shape index (κ1) is 11.7. The van der Waals surface area contributed by atoms with E-state index < -0.39 is 0 Å². The number of aromatic nitrogens is 2. The van der Waals surface area contributed by atoms with Crippen LogP contribution in [-0.2, 0) is 17.7 Å². The van der Waals surface area contributed by atoms with Crippen LogP contribution in [0.15, 0.2) is 12.4 Å². The molecule has 0 atom stereocenters. The van der Waals surface area contributed by atoms with Crippen molar-refractivity contribution in [2.75, 3.05) is 13.2 Å². The SMILES string of the molecule is CCCOCCc1[nH]cc[n+]1CCC#N. The van der Waals surface area contributed by atoms with Crippen molar-refractivity contribution in [3.8, 4) is 6.07 Å². The van der Waals surface area contributed by atoms with Crippen LogP contribution < -0.4 is 4.57 Å². The summed E-state index contributed by atoms with van der Waals surface area (Å²) in [6.07, 6.45) is 6.34. The Hall–Kier alpha value is -1.34. The highest BCUT2D eigenvalue weighted by molar-refractivity contribution is 4.78. The van der Waals surface area contributed by atoms with E-state index >= 15 is 0 Å². The predicted octanol–water partition coefficient (Wildman–Crippen LogP) is 1.18. The van der Waals surface area contributed by atoms with Gasteiger partial charge in [-0.2, -0.15) is 5.26 Å². The molecule has 0 aliphatic rings. The molecule has 1 N–H and O–H groups in total. The standard InChI is InChI=1S/C11H17N3O/c1-2-9-15-10-4-11-13-6-8-14(11)7-3-5-12/h6,8H,2-4,7,9-10H2,1H3/p+1. The molecule has 0 radical (unpaired) electrons. The fourth-order valence-corrected chi connectivity index (χ4v) is 1.41. The fourth-order valence-electron chi connectivity index (χ4n) is 1.41. The van der Waals surface area contributed by atoms with Crippen LogP contribution in [0.1, 0.15) is 25.6 Å². The minimum atomic E-state index is 0.547. The van der Waals surface area contributed by atoms with Gasteiger partial charge in [0.05, 0.1) is 25.5 Å². The summed E-state index contributed by atoms with van der Waals surface area (Å²) in [7, 11) is 0. The molecule has 4 nitrogen and oxygen atoms in total. The molecule has 1 aromatic rings. The maximum absolute atomic E-state index is 8.50. The van der Waals surface area contributed by atoms with Crippen LogP contribution in [-0.4, -0.2) is 18.2 Å². The molecule has 1 heterocycles. The van der Waals surface area contributed by atoms with Gasteiger partial charge in [0.1, 0.15) is 18.9 Å². The number of nitriles is 1. The summed E-state index contributed by atoms with van der Waals surface area (Å²) in [4.78, 5) is 3.17. The average Bonchev–Trinajstić information content (AvgIpc) is 2.69. The van der Waals surface area contributed by atoms with Crippen molar-refractivity contribution >= 4 is 0 Å². The van der Waals surface area contributed by atoms with E-state index in [1.54, 1.807) is 0 Å². The van der Waals surface area contributed by atoms with Crippen molar-refractivity contribution in [3.05, 3.63) is 18.2 Å². The van der Waals surface area contributed by atoms with Crippen LogP contribution in [0.2, 0.25) is 0 Å². The van der Waals surface area contributed by atoms with E-state index in [0.717, 1.165) is 38.4 Å². The molecule has 4 heteroatoms. The number of ether oxygens (including phenoxy) is 1. The first-order valence-corrected chi connectivity index (χ1v) is 5.39. The van der Waals surface area contributed by atoms with Crippen LogP contribution in [0.4, 0.5) is 0 Å². The second-order valence-corrected chi connectivity index (χ2v) is 3.37. The Morgan fingerprint density at radius 1 is 1.53 bits per heavy atom. The summed E-state index contributed by atoms with van der Waals surface area (Å²) < 4.78 is 7.49. The molecule has 1 aromatic heterocycles. The normalized spacial score (nSPS) is 10.1. The summed E-state index contributed by atoms with van der Waals surface area (Å²) >= 11 is 0. The molecule has 0 aliphatic carbocycles. The third-order valence-electron chi connectivity index (χ3n) is 2.15. The molecule has 0 fully saturated rings. The largest absolute Gasteiger partial charge is 0.381 e. The number of imidazole rings is 1. The number of aryl methyl sites for hydroxylation is 1. The third-order valence-corrected chi connectivity index (χ3v) is 2.15. The van der Waals surface area contributed by atoms with Crippen molar-refractivity contribution in [1.82, 2.24) is 4.98 Å². The monoisotopic (exact) mass is 208 g/mol. The van der Waals surface area contributed by atoms with Crippen LogP contribution in [0.5, 0.6) is 0 Å². The van der Waals surface area contributed by atoms with Gasteiger partial charge in [0.2, 0.25) is 0 Å². The Bertz CT molecular complexity index is 314. The maximum atomic E-state index is 8.50. The lowest BCUT2D eigenvalue weighted by Gasteiger charge is -2.00. The molecule has 15 heavy (non-hydrogen) atoms. The smallest absolute Gasteiger partial charge is 0.256 e. The predicted molar refractivity (Wildman–Crippen MR) is 56.0 cm³/mol. The molecular formula is C11H18N3O+. The minimum absolute atomic E-state index is 0.547. The maximum Gasteiger partial charge on any atom is 0.256 e. The Morgan fingerprint density at radius 2 is 2.40 bits per heavy atom. The highest BCUT2D eigenvalue weighted by atomic mass is 16.5. The number of aromatic amines is 1. The van der Waals surface area contributed by atoms with Crippen LogP contribution in [0.25, 0.3) is 0 Å². The lowest BCUT2D eigenvalue weighted by Crippen LogP contribution is -2.36. The van der Waals surface area contributed by atoms with Crippen molar-refractivity contribution in [1.29, 1.82) is 5.26 Å². The molecule has 82 valence electrons. The summed E-state index contributed by atoms with van der Waals surface area (Å²) in [6.45, 7) is 4.41. The van der Waals surface area contributed by atoms with Gasteiger partial charge in [0.25, 0.3) is 5.82 Å². The van der Waals surface area contributed by atoms with Crippen molar-refractivity contribution in [2.24, 2.45) is 0 Å². The number of H-pyrrole nitrogens is 1. The van der Waals surface area contributed by atoms with E-state index in [1.807, 2.05) is 12.4 Å². The van der Waals surface area contributed by atoms with Crippen LogP contribution in [0, 0.1) is 11.3 Å². The van der Waals surface area contributed by atoms with Crippen LogP contribution in [0.3, 0.4) is 0 Å². The van der Waals surface area contributed by atoms with Crippen LogP contribution >= 0.6 is 0 Å². The molecule has 1 rings (SSSR count). The quantitative estimate of drug-likeness (QED) is 0.540. The zero-order valence-electron chi connectivity index (χ0n) is 9.20. The molecule has 0 amide bonds. The first-order chi connectivity index (χ1) is 7.38. The highest BCUT2D eigenvalue weighted by Crippen LogP contribution is 1.91. The van der Waals surface area contributed by atoms with E-state index in [0.29, 0.717) is 6.42 Å². The van der Waals surface area contributed by atoms with Crippen molar-refractivity contribution < 1.29 is 9.30 Å². The molecule has 0 saturated carbocycles. The van der Waals surface area contributed by atoms with Crippen molar-refractivity contribution in [3.63, 3.8) is 0 Å². The summed E-state index contributed by atoms with van der Waals surface area (Å²) in [5.74, 6) is 1.13. The summed E-state index contributed by atoms with van der Waals surface area (Å²) in [5.41, 5.74) is 0. The van der Waals surface area contributed by atoms with Gasteiger partial charge < -0.3 is 4.74 Å². The molecule has 0 aromatic carbocycles.